The number of rotatable bonds is 8. The van der Waals surface area contributed by atoms with E-state index in [4.69, 9.17) is 16.3 Å². The van der Waals surface area contributed by atoms with E-state index in [0.717, 1.165) is 16.7 Å². The van der Waals surface area contributed by atoms with Crippen LogP contribution in [-0.2, 0) is 21.9 Å². The van der Waals surface area contributed by atoms with Crippen LogP contribution in [0.15, 0.2) is 65.8 Å². The summed E-state index contributed by atoms with van der Waals surface area (Å²) < 4.78 is 36.0. The second-order valence-corrected chi connectivity index (χ2v) is 12.0. The number of hydrogen-bond donors (Lipinski definition) is 2. The van der Waals surface area contributed by atoms with Crippen molar-refractivity contribution in [2.75, 3.05) is 17.8 Å². The summed E-state index contributed by atoms with van der Waals surface area (Å²) >= 11 is 6.17. The van der Waals surface area contributed by atoms with Crippen LogP contribution in [0.1, 0.15) is 29.2 Å². The van der Waals surface area contributed by atoms with Gasteiger partial charge in [-0.2, -0.15) is 10.1 Å². The molecule has 214 valence electrons. The Bertz CT molecular complexity index is 1690. The largest absolute Gasteiger partial charge is 0.472 e. The summed E-state index contributed by atoms with van der Waals surface area (Å²) in [5.41, 5.74) is 3.54. The summed E-state index contributed by atoms with van der Waals surface area (Å²) in [4.78, 5) is 23.3. The van der Waals surface area contributed by atoms with Crippen LogP contribution < -0.4 is 9.46 Å². The molecule has 4 aromatic rings. The third-order valence-electron chi connectivity index (χ3n) is 6.83. The van der Waals surface area contributed by atoms with Gasteiger partial charge in [-0.1, -0.05) is 48.0 Å². The average Bonchev–Trinajstić information content (AvgIpc) is 3.57. The van der Waals surface area contributed by atoms with E-state index in [1.54, 1.807) is 37.4 Å². The van der Waals surface area contributed by atoms with Crippen molar-refractivity contribution in [3.63, 3.8) is 0 Å². The normalized spacial score (nSPS) is 16.0. The quantitative estimate of drug-likeness (QED) is 0.314. The van der Waals surface area contributed by atoms with Crippen LogP contribution in [0.5, 0.6) is 5.88 Å². The van der Waals surface area contributed by atoms with Gasteiger partial charge in [0, 0.05) is 48.4 Å². The molecule has 2 aromatic heterocycles. The Hall–Kier alpha value is -4.00. The molecule has 1 aliphatic heterocycles. The van der Waals surface area contributed by atoms with Gasteiger partial charge in [0.2, 0.25) is 11.8 Å². The first-order valence-electron chi connectivity index (χ1n) is 12.9. The van der Waals surface area contributed by atoms with Gasteiger partial charge in [-0.3, -0.25) is 9.48 Å². The second-order valence-electron chi connectivity index (χ2n) is 9.87. The number of aliphatic hydroxyl groups excluding tert-OH is 1. The number of aliphatic hydroxyl groups is 1. The van der Waals surface area contributed by atoms with Crippen molar-refractivity contribution in [2.45, 2.75) is 37.4 Å². The van der Waals surface area contributed by atoms with Crippen LogP contribution in [0.25, 0.3) is 11.3 Å². The first kappa shape index (κ1) is 28.5. The average molecular weight is 597 g/mol. The maximum atomic E-state index is 13.0. The van der Waals surface area contributed by atoms with Gasteiger partial charge in [0.1, 0.15) is 11.0 Å². The Morgan fingerprint density at radius 1 is 1.15 bits per heavy atom. The topological polar surface area (TPSA) is 140 Å². The fourth-order valence-corrected chi connectivity index (χ4v) is 5.96. The van der Waals surface area contributed by atoms with Gasteiger partial charge in [0.25, 0.3) is 15.9 Å². The fraction of sp³-hybridized carbons (Fsp3) is 0.286. The Morgan fingerprint density at radius 3 is 2.56 bits per heavy atom. The Balaban J connectivity index is 1.40. The number of carbonyl (C=O) groups is 1. The number of carbonyl (C=O) groups excluding carboxylic acids is 1. The van der Waals surface area contributed by atoms with E-state index >= 15 is 0 Å². The number of anilines is 1. The van der Waals surface area contributed by atoms with E-state index < -0.39 is 28.1 Å². The Kier molecular flexibility index (Phi) is 7.98. The van der Waals surface area contributed by atoms with Crippen molar-refractivity contribution < 1.29 is 23.1 Å². The molecule has 0 aliphatic carbocycles. The zero-order chi connectivity index (χ0) is 29.3. The summed E-state index contributed by atoms with van der Waals surface area (Å²) in [6.45, 7) is 4.45. The lowest BCUT2D eigenvalue weighted by Crippen LogP contribution is -2.35. The number of ether oxygens (including phenoxy) is 1. The Labute approximate surface area is 242 Å². The van der Waals surface area contributed by atoms with Crippen LogP contribution in [-0.4, -0.2) is 63.3 Å². The predicted molar refractivity (Wildman–Crippen MR) is 153 cm³/mol. The molecule has 2 atom stereocenters. The molecule has 1 aliphatic rings. The molecule has 0 bridgehead atoms. The molecule has 2 N–H and O–H groups in total. The van der Waals surface area contributed by atoms with Gasteiger partial charge in [0.15, 0.2) is 6.10 Å². The zero-order valence-electron chi connectivity index (χ0n) is 22.7. The maximum absolute atomic E-state index is 13.0. The minimum atomic E-state index is -4.02. The molecule has 41 heavy (non-hydrogen) atoms. The summed E-state index contributed by atoms with van der Waals surface area (Å²) in [6.07, 6.45) is 1.25. The molecule has 2 aromatic carbocycles. The Morgan fingerprint density at radius 2 is 1.88 bits per heavy atom. The molecule has 1 saturated heterocycles. The van der Waals surface area contributed by atoms with Crippen LogP contribution in [0.3, 0.4) is 0 Å². The standard InChI is InChI=1S/C28H29ClN6O5S/c1-17-7-6-8-18(2)25(17)23-13-24(32-28(31-23)33-41(38,39)20-14-30-34(3)16-20)40-19-11-12-35(15-19)27(37)26(36)21-9-4-5-10-22(21)29/h4-10,13-14,16,19,26,36H,11-12,15H2,1-3H3,(H,31,32,33). The fourth-order valence-electron chi connectivity index (χ4n) is 4.79. The second kappa shape index (κ2) is 11.5. The molecule has 0 radical (unpaired) electrons. The summed E-state index contributed by atoms with van der Waals surface area (Å²) in [5.74, 6) is -0.496. The monoisotopic (exact) mass is 596 g/mol. The van der Waals surface area contributed by atoms with Crippen molar-refractivity contribution in [3.8, 4) is 17.1 Å². The molecular formula is C28H29ClN6O5S. The molecule has 2 unspecified atom stereocenters. The SMILES string of the molecule is Cc1cccc(C)c1-c1cc(OC2CCN(C(=O)C(O)c3ccccc3Cl)C2)nc(NS(=O)(=O)c2cnn(C)c2)n1. The van der Waals surface area contributed by atoms with Gasteiger partial charge in [-0.05, 0) is 31.0 Å². The minimum absolute atomic E-state index is 0.0365. The van der Waals surface area contributed by atoms with Gasteiger partial charge in [-0.15, -0.1) is 0 Å². The predicted octanol–water partition coefficient (Wildman–Crippen LogP) is 3.66. The molecule has 13 heteroatoms. The van der Waals surface area contributed by atoms with E-state index in [1.807, 2.05) is 32.0 Å². The highest BCUT2D eigenvalue weighted by atomic mass is 35.5. The van der Waals surface area contributed by atoms with Crippen molar-refractivity contribution >= 4 is 33.5 Å². The molecule has 1 fully saturated rings. The number of halogens is 1. The van der Waals surface area contributed by atoms with Crippen LogP contribution >= 0.6 is 11.6 Å². The third kappa shape index (κ3) is 6.19. The van der Waals surface area contributed by atoms with Gasteiger partial charge in [-0.25, -0.2) is 18.1 Å². The van der Waals surface area contributed by atoms with Crippen LogP contribution in [0, 0.1) is 13.8 Å². The summed E-state index contributed by atoms with van der Waals surface area (Å²) in [6, 6.07) is 14.1. The van der Waals surface area contributed by atoms with E-state index in [2.05, 4.69) is 19.8 Å². The molecule has 0 saturated carbocycles. The van der Waals surface area contributed by atoms with E-state index in [1.165, 1.54) is 22.0 Å². The number of hydrogen-bond acceptors (Lipinski definition) is 8. The maximum Gasteiger partial charge on any atom is 0.267 e. The van der Waals surface area contributed by atoms with Crippen molar-refractivity contribution in [1.82, 2.24) is 24.6 Å². The highest BCUT2D eigenvalue weighted by Crippen LogP contribution is 2.31. The van der Waals surface area contributed by atoms with Crippen molar-refractivity contribution in [1.29, 1.82) is 0 Å². The van der Waals surface area contributed by atoms with Crippen LogP contribution in [0.2, 0.25) is 5.02 Å². The molecule has 3 heterocycles. The van der Waals surface area contributed by atoms with Gasteiger partial charge >= 0.3 is 0 Å². The lowest BCUT2D eigenvalue weighted by atomic mass is 10.00. The summed E-state index contributed by atoms with van der Waals surface area (Å²) in [7, 11) is -2.40. The first-order valence-corrected chi connectivity index (χ1v) is 14.7. The number of sulfonamides is 1. The highest BCUT2D eigenvalue weighted by Gasteiger charge is 2.33. The first-order chi connectivity index (χ1) is 19.5. The van der Waals surface area contributed by atoms with E-state index in [9.17, 15) is 18.3 Å². The number of likely N-dealkylation sites (tertiary alicyclic amines) is 1. The van der Waals surface area contributed by atoms with Crippen LogP contribution in [0.4, 0.5) is 5.95 Å². The molecule has 0 spiro atoms. The number of nitrogens with zero attached hydrogens (tertiary/aromatic N) is 5. The lowest BCUT2D eigenvalue weighted by Gasteiger charge is -2.21. The summed E-state index contributed by atoms with van der Waals surface area (Å²) in [5, 5.41) is 14.9. The molecular weight excluding hydrogens is 568 g/mol. The van der Waals surface area contributed by atoms with Crippen molar-refractivity contribution in [2.24, 2.45) is 7.05 Å². The van der Waals surface area contributed by atoms with Crippen molar-refractivity contribution in [3.05, 3.63) is 82.6 Å². The number of aromatic nitrogens is 4. The smallest absolute Gasteiger partial charge is 0.267 e. The molecule has 5 rings (SSSR count). The highest BCUT2D eigenvalue weighted by molar-refractivity contribution is 7.92. The number of benzene rings is 2. The molecule has 1 amide bonds. The van der Waals surface area contributed by atoms with Gasteiger partial charge in [0.05, 0.1) is 18.4 Å². The van der Waals surface area contributed by atoms with Gasteiger partial charge < -0.3 is 14.7 Å². The number of amides is 1. The number of nitrogens with one attached hydrogen (secondary N) is 1. The lowest BCUT2D eigenvalue weighted by molar-refractivity contribution is -0.139. The minimum Gasteiger partial charge on any atom is -0.472 e. The van der Waals surface area contributed by atoms with E-state index in [-0.39, 0.29) is 23.3 Å². The number of aryl methyl sites for hydroxylation is 3. The zero-order valence-corrected chi connectivity index (χ0v) is 24.2. The van der Waals surface area contributed by atoms with E-state index in [0.29, 0.717) is 29.2 Å². The third-order valence-corrected chi connectivity index (χ3v) is 8.46. The molecule has 11 nitrogen and oxygen atoms in total.